The van der Waals surface area contributed by atoms with Crippen molar-refractivity contribution in [1.82, 2.24) is 0 Å². The van der Waals surface area contributed by atoms with Crippen LogP contribution in [-0.2, 0) is 6.42 Å². The molecule has 0 fully saturated rings. The summed E-state index contributed by atoms with van der Waals surface area (Å²) in [6.07, 6.45) is 0.989. The topological polar surface area (TPSA) is 38.0 Å². The van der Waals surface area contributed by atoms with Crippen molar-refractivity contribution in [3.63, 3.8) is 0 Å². The molecule has 0 amide bonds. The van der Waals surface area contributed by atoms with Crippen molar-refractivity contribution in [2.24, 2.45) is 0 Å². The van der Waals surface area contributed by atoms with Crippen LogP contribution in [0.1, 0.15) is 18.1 Å². The van der Waals surface area contributed by atoms with Gasteiger partial charge in [-0.15, -0.1) is 0 Å². The Morgan fingerprint density at radius 1 is 1.11 bits per heavy atom. The lowest BCUT2D eigenvalue weighted by Gasteiger charge is -2.14. The van der Waals surface area contributed by atoms with Crippen LogP contribution in [0.3, 0.4) is 0 Å². The van der Waals surface area contributed by atoms with E-state index in [0.717, 1.165) is 28.0 Å². The normalized spacial score (nSPS) is 10.4. The number of anilines is 3. The summed E-state index contributed by atoms with van der Waals surface area (Å²) in [6, 6.07) is 12.2. The minimum absolute atomic E-state index is 0.776. The molecule has 0 radical (unpaired) electrons. The smallest absolute Gasteiger partial charge is 0.0434 e. The maximum atomic E-state index is 5.83. The van der Waals surface area contributed by atoms with Crippen molar-refractivity contribution in [3.8, 4) is 0 Å². The molecule has 0 aliphatic carbocycles. The van der Waals surface area contributed by atoms with Crippen LogP contribution in [0.5, 0.6) is 0 Å². The summed E-state index contributed by atoms with van der Waals surface area (Å²) in [6.45, 7) is 4.23. The molecule has 0 heterocycles. The highest BCUT2D eigenvalue weighted by Gasteiger charge is 2.04. The number of hydrogen-bond donors (Lipinski definition) is 2. The number of aryl methyl sites for hydroxylation is 2. The Bertz CT molecular complexity index is 564. The van der Waals surface area contributed by atoms with Gasteiger partial charge in [0.1, 0.15) is 0 Å². The van der Waals surface area contributed by atoms with E-state index in [1.165, 1.54) is 11.1 Å². The summed E-state index contributed by atoms with van der Waals surface area (Å²) in [7, 11) is 0. The van der Waals surface area contributed by atoms with E-state index >= 15 is 0 Å². The standard InChI is InChI=1S/C15H17BrN2/c1-3-11-8-12(16)5-7-14(11)18-15-9-13(17)6-4-10(15)2/h4-9,18H,3,17H2,1-2H3. The fourth-order valence-corrected chi connectivity index (χ4v) is 2.30. The Balaban J connectivity index is 2.36. The highest BCUT2D eigenvalue weighted by molar-refractivity contribution is 9.10. The molecule has 2 aromatic rings. The molecule has 0 spiro atoms. The van der Waals surface area contributed by atoms with E-state index in [-0.39, 0.29) is 0 Å². The molecule has 2 nitrogen and oxygen atoms in total. The molecule has 2 rings (SSSR count). The zero-order chi connectivity index (χ0) is 13.1. The van der Waals surface area contributed by atoms with Crippen LogP contribution in [0.25, 0.3) is 0 Å². The lowest BCUT2D eigenvalue weighted by Crippen LogP contribution is -1.98. The third-order valence-corrected chi connectivity index (χ3v) is 3.47. The van der Waals surface area contributed by atoms with E-state index in [2.05, 4.69) is 47.2 Å². The Morgan fingerprint density at radius 3 is 2.61 bits per heavy atom. The van der Waals surface area contributed by atoms with Crippen LogP contribution in [0.2, 0.25) is 0 Å². The molecule has 2 aromatic carbocycles. The van der Waals surface area contributed by atoms with Crippen LogP contribution < -0.4 is 11.1 Å². The second kappa shape index (κ2) is 5.44. The fourth-order valence-electron chi connectivity index (χ4n) is 1.90. The number of nitrogens with two attached hydrogens (primary N) is 1. The Hall–Kier alpha value is -1.48. The molecule has 0 aliphatic rings. The number of nitrogen functional groups attached to an aromatic ring is 1. The summed E-state index contributed by atoms with van der Waals surface area (Å²) >= 11 is 3.50. The lowest BCUT2D eigenvalue weighted by atomic mass is 10.1. The van der Waals surface area contributed by atoms with Gasteiger partial charge in [0.05, 0.1) is 0 Å². The van der Waals surface area contributed by atoms with E-state index in [0.29, 0.717) is 0 Å². The Kier molecular flexibility index (Phi) is 3.92. The molecule has 0 aliphatic heterocycles. The molecule has 0 aromatic heterocycles. The van der Waals surface area contributed by atoms with Crippen molar-refractivity contribution in [2.45, 2.75) is 20.3 Å². The number of halogens is 1. The van der Waals surface area contributed by atoms with Crippen molar-refractivity contribution >= 4 is 33.0 Å². The molecule has 0 atom stereocenters. The highest BCUT2D eigenvalue weighted by atomic mass is 79.9. The minimum Gasteiger partial charge on any atom is -0.399 e. The number of hydrogen-bond acceptors (Lipinski definition) is 2. The van der Waals surface area contributed by atoms with E-state index in [4.69, 9.17) is 5.73 Å². The predicted molar refractivity (Wildman–Crippen MR) is 82.4 cm³/mol. The van der Waals surface area contributed by atoms with Gasteiger partial charge in [-0.05, 0) is 54.8 Å². The van der Waals surface area contributed by atoms with Gasteiger partial charge in [-0.25, -0.2) is 0 Å². The van der Waals surface area contributed by atoms with Gasteiger partial charge in [0.2, 0.25) is 0 Å². The van der Waals surface area contributed by atoms with Crippen LogP contribution in [0.15, 0.2) is 40.9 Å². The van der Waals surface area contributed by atoms with E-state index in [1.807, 2.05) is 24.3 Å². The van der Waals surface area contributed by atoms with Gasteiger partial charge in [-0.3, -0.25) is 0 Å². The minimum atomic E-state index is 0.776. The first-order chi connectivity index (χ1) is 8.60. The summed E-state index contributed by atoms with van der Waals surface area (Å²) in [5, 5.41) is 3.46. The quantitative estimate of drug-likeness (QED) is 0.810. The summed E-state index contributed by atoms with van der Waals surface area (Å²) in [5.74, 6) is 0. The molecule has 94 valence electrons. The lowest BCUT2D eigenvalue weighted by molar-refractivity contribution is 1.14. The molecule has 3 heteroatoms. The maximum Gasteiger partial charge on any atom is 0.0434 e. The van der Waals surface area contributed by atoms with Gasteiger partial charge in [0, 0.05) is 21.5 Å². The molecule has 0 bridgehead atoms. The van der Waals surface area contributed by atoms with E-state index in [1.54, 1.807) is 0 Å². The van der Waals surface area contributed by atoms with Crippen LogP contribution in [0, 0.1) is 6.92 Å². The Labute approximate surface area is 116 Å². The number of rotatable bonds is 3. The monoisotopic (exact) mass is 304 g/mol. The van der Waals surface area contributed by atoms with Gasteiger partial charge >= 0.3 is 0 Å². The molecule has 0 saturated heterocycles. The molecule has 0 saturated carbocycles. The maximum absolute atomic E-state index is 5.83. The van der Waals surface area contributed by atoms with Gasteiger partial charge < -0.3 is 11.1 Å². The SMILES string of the molecule is CCc1cc(Br)ccc1Nc1cc(N)ccc1C. The van der Waals surface area contributed by atoms with Crippen molar-refractivity contribution in [1.29, 1.82) is 0 Å². The summed E-state index contributed by atoms with van der Waals surface area (Å²) < 4.78 is 1.11. The fraction of sp³-hybridized carbons (Fsp3) is 0.200. The second-order valence-electron chi connectivity index (χ2n) is 4.35. The Morgan fingerprint density at radius 2 is 1.89 bits per heavy atom. The van der Waals surface area contributed by atoms with Crippen molar-refractivity contribution in [3.05, 3.63) is 52.0 Å². The van der Waals surface area contributed by atoms with Crippen molar-refractivity contribution in [2.75, 3.05) is 11.1 Å². The van der Waals surface area contributed by atoms with Gasteiger partial charge in [-0.1, -0.05) is 28.9 Å². The molecular formula is C15H17BrN2. The van der Waals surface area contributed by atoms with Gasteiger partial charge in [0.25, 0.3) is 0 Å². The third kappa shape index (κ3) is 2.85. The summed E-state index contributed by atoms with van der Waals surface area (Å²) in [5.41, 5.74) is 11.3. The third-order valence-electron chi connectivity index (χ3n) is 2.98. The van der Waals surface area contributed by atoms with Crippen LogP contribution >= 0.6 is 15.9 Å². The average Bonchev–Trinajstić information content (AvgIpc) is 2.36. The summed E-state index contributed by atoms with van der Waals surface area (Å²) in [4.78, 5) is 0. The molecule has 18 heavy (non-hydrogen) atoms. The first-order valence-corrected chi connectivity index (χ1v) is 6.81. The zero-order valence-corrected chi connectivity index (χ0v) is 12.2. The largest absolute Gasteiger partial charge is 0.399 e. The van der Waals surface area contributed by atoms with Crippen LogP contribution in [0.4, 0.5) is 17.1 Å². The number of nitrogens with one attached hydrogen (secondary N) is 1. The first kappa shape index (κ1) is 13.0. The molecule has 3 N–H and O–H groups in total. The predicted octanol–water partition coefficient (Wildman–Crippen LogP) is 4.65. The van der Waals surface area contributed by atoms with Crippen molar-refractivity contribution < 1.29 is 0 Å². The first-order valence-electron chi connectivity index (χ1n) is 6.01. The van der Waals surface area contributed by atoms with Gasteiger partial charge in [0.15, 0.2) is 0 Å². The van der Waals surface area contributed by atoms with Gasteiger partial charge in [-0.2, -0.15) is 0 Å². The number of benzene rings is 2. The molecular weight excluding hydrogens is 288 g/mol. The second-order valence-corrected chi connectivity index (χ2v) is 5.27. The average molecular weight is 305 g/mol. The van der Waals surface area contributed by atoms with Crippen LogP contribution in [-0.4, -0.2) is 0 Å². The zero-order valence-electron chi connectivity index (χ0n) is 10.6. The van der Waals surface area contributed by atoms with E-state index < -0.39 is 0 Å². The molecule has 0 unspecified atom stereocenters. The highest BCUT2D eigenvalue weighted by Crippen LogP contribution is 2.27. The van der Waals surface area contributed by atoms with E-state index in [9.17, 15) is 0 Å².